The third-order valence-corrected chi connectivity index (χ3v) is 5.07. The van der Waals surface area contributed by atoms with Crippen molar-refractivity contribution in [1.29, 1.82) is 0 Å². The molecule has 0 saturated carbocycles. The fraction of sp³-hybridized carbons (Fsp3) is 0.292. The molecule has 172 valence electrons. The van der Waals surface area contributed by atoms with Crippen LogP contribution in [-0.2, 0) is 0 Å². The number of methoxy groups -OCH3 is 3. The molecule has 2 aromatic heterocycles. The highest BCUT2D eigenvalue weighted by atomic mass is 16.5. The van der Waals surface area contributed by atoms with Crippen LogP contribution in [0.3, 0.4) is 0 Å². The Morgan fingerprint density at radius 3 is 2.27 bits per heavy atom. The highest BCUT2D eigenvalue weighted by Gasteiger charge is 2.19. The highest BCUT2D eigenvalue weighted by Crippen LogP contribution is 2.40. The van der Waals surface area contributed by atoms with Gasteiger partial charge in [0, 0.05) is 11.1 Å². The quantitative estimate of drug-likeness (QED) is 0.337. The van der Waals surface area contributed by atoms with E-state index in [9.17, 15) is 0 Å². The van der Waals surface area contributed by atoms with Crippen molar-refractivity contribution in [2.45, 2.75) is 19.8 Å². The first kappa shape index (κ1) is 22.2. The number of hydrogen-bond donors (Lipinski definition) is 1. The van der Waals surface area contributed by atoms with Crippen molar-refractivity contribution in [2.75, 3.05) is 27.9 Å². The van der Waals surface area contributed by atoms with E-state index in [2.05, 4.69) is 27.3 Å². The molecule has 9 nitrogen and oxygen atoms in total. The number of rotatable bonds is 10. The minimum atomic E-state index is 0.317. The lowest BCUT2D eigenvalue weighted by atomic mass is 10.1. The second-order valence-electron chi connectivity index (χ2n) is 7.23. The van der Waals surface area contributed by atoms with E-state index in [1.165, 1.54) is 0 Å². The predicted molar refractivity (Wildman–Crippen MR) is 123 cm³/mol. The summed E-state index contributed by atoms with van der Waals surface area (Å²) in [6, 6.07) is 13.2. The zero-order chi connectivity index (χ0) is 23.2. The second-order valence-corrected chi connectivity index (χ2v) is 7.23. The minimum Gasteiger partial charge on any atom is -0.494 e. The average Bonchev–Trinajstić information content (AvgIpc) is 3.54. The molecule has 0 aliphatic carbocycles. The first-order valence-electron chi connectivity index (χ1n) is 10.6. The number of benzene rings is 2. The summed E-state index contributed by atoms with van der Waals surface area (Å²) in [5, 5.41) is 11.4. The largest absolute Gasteiger partial charge is 0.494 e. The minimum absolute atomic E-state index is 0.317. The summed E-state index contributed by atoms with van der Waals surface area (Å²) in [7, 11) is 4.66. The van der Waals surface area contributed by atoms with E-state index in [0.29, 0.717) is 46.8 Å². The van der Waals surface area contributed by atoms with Gasteiger partial charge in [0.25, 0.3) is 5.89 Å². The molecule has 33 heavy (non-hydrogen) atoms. The molecule has 4 aromatic rings. The fourth-order valence-electron chi connectivity index (χ4n) is 3.30. The lowest BCUT2D eigenvalue weighted by molar-refractivity contribution is 0.309. The molecule has 0 aliphatic rings. The van der Waals surface area contributed by atoms with Gasteiger partial charge in [-0.05, 0) is 48.9 Å². The Kier molecular flexibility index (Phi) is 6.77. The molecule has 0 spiro atoms. The second kappa shape index (κ2) is 10.1. The molecule has 0 bridgehead atoms. The Labute approximate surface area is 191 Å². The number of hydrogen-bond acceptors (Lipinski definition) is 8. The molecule has 2 heterocycles. The summed E-state index contributed by atoms with van der Waals surface area (Å²) in [4.78, 5) is 4.50. The lowest BCUT2D eigenvalue weighted by Gasteiger charge is -2.12. The molecular weight excluding hydrogens is 424 g/mol. The highest BCUT2D eigenvalue weighted by molar-refractivity contribution is 5.69. The molecule has 0 amide bonds. The molecule has 4 rings (SSSR count). The van der Waals surface area contributed by atoms with E-state index in [0.717, 1.165) is 29.8 Å². The molecule has 0 saturated heterocycles. The van der Waals surface area contributed by atoms with Gasteiger partial charge in [0.1, 0.15) is 11.4 Å². The standard InChI is InChI=1S/C24H26N4O5/c1-5-6-11-32-17-9-7-15(8-10-17)18-14-19(27-26-18)24-25-23(28-33-24)16-12-20(29-2)22(31-4)21(13-16)30-3/h7-10,12-14H,5-6,11H2,1-4H3,(H,26,27). The Balaban J connectivity index is 1.55. The Morgan fingerprint density at radius 1 is 0.909 bits per heavy atom. The van der Waals surface area contributed by atoms with Crippen molar-refractivity contribution in [3.63, 3.8) is 0 Å². The zero-order valence-electron chi connectivity index (χ0n) is 19.0. The van der Waals surface area contributed by atoms with E-state index in [-0.39, 0.29) is 0 Å². The molecule has 0 unspecified atom stereocenters. The number of nitrogens with one attached hydrogen (secondary N) is 1. The Hall–Kier alpha value is -4.01. The number of H-pyrrole nitrogens is 1. The predicted octanol–water partition coefficient (Wildman–Crippen LogP) is 5.00. The Bertz CT molecular complexity index is 1170. The maximum atomic E-state index is 5.72. The molecule has 1 N–H and O–H groups in total. The summed E-state index contributed by atoms with van der Waals surface area (Å²) in [6.45, 7) is 2.85. The normalized spacial score (nSPS) is 10.8. The van der Waals surface area contributed by atoms with Crippen LogP contribution in [-0.4, -0.2) is 48.3 Å². The summed E-state index contributed by atoms with van der Waals surface area (Å²) in [5.41, 5.74) is 2.99. The van der Waals surface area contributed by atoms with E-state index < -0.39 is 0 Å². The van der Waals surface area contributed by atoms with Crippen LogP contribution < -0.4 is 18.9 Å². The van der Waals surface area contributed by atoms with Crippen molar-refractivity contribution in [3.05, 3.63) is 42.5 Å². The van der Waals surface area contributed by atoms with Gasteiger partial charge in [-0.3, -0.25) is 5.10 Å². The monoisotopic (exact) mass is 450 g/mol. The van der Waals surface area contributed by atoms with E-state index >= 15 is 0 Å². The molecule has 9 heteroatoms. The Morgan fingerprint density at radius 2 is 1.64 bits per heavy atom. The number of nitrogens with zero attached hydrogens (tertiary/aromatic N) is 3. The molecule has 0 fully saturated rings. The lowest BCUT2D eigenvalue weighted by Crippen LogP contribution is -1.96. The van der Waals surface area contributed by atoms with Crippen molar-refractivity contribution in [1.82, 2.24) is 20.3 Å². The van der Waals surface area contributed by atoms with Gasteiger partial charge in [-0.15, -0.1) is 0 Å². The van der Waals surface area contributed by atoms with Crippen molar-refractivity contribution < 1.29 is 23.5 Å². The third-order valence-electron chi connectivity index (χ3n) is 5.07. The van der Waals surface area contributed by atoms with Crippen LogP contribution in [0.5, 0.6) is 23.0 Å². The summed E-state index contributed by atoms with van der Waals surface area (Å²) in [5.74, 6) is 3.04. The van der Waals surface area contributed by atoms with Gasteiger partial charge < -0.3 is 23.5 Å². The van der Waals surface area contributed by atoms with Gasteiger partial charge in [0.05, 0.1) is 33.6 Å². The van der Waals surface area contributed by atoms with E-state index in [1.807, 2.05) is 30.3 Å². The smallest absolute Gasteiger partial charge is 0.276 e. The van der Waals surface area contributed by atoms with Gasteiger partial charge in [0.15, 0.2) is 11.5 Å². The van der Waals surface area contributed by atoms with Crippen molar-refractivity contribution >= 4 is 0 Å². The summed E-state index contributed by atoms with van der Waals surface area (Å²) in [6.07, 6.45) is 2.14. The topological polar surface area (TPSA) is 105 Å². The third kappa shape index (κ3) is 4.77. The van der Waals surface area contributed by atoms with Gasteiger partial charge in [-0.2, -0.15) is 10.1 Å². The fourth-order valence-corrected chi connectivity index (χ4v) is 3.30. The maximum absolute atomic E-state index is 5.72. The van der Waals surface area contributed by atoms with Crippen LogP contribution in [0.2, 0.25) is 0 Å². The van der Waals surface area contributed by atoms with E-state index in [4.69, 9.17) is 23.5 Å². The number of aromatic nitrogens is 4. The van der Waals surface area contributed by atoms with Gasteiger partial charge in [-0.1, -0.05) is 18.5 Å². The van der Waals surface area contributed by atoms with Crippen LogP contribution in [0.15, 0.2) is 47.0 Å². The molecule has 0 aliphatic heterocycles. The van der Waals surface area contributed by atoms with Crippen molar-refractivity contribution in [2.24, 2.45) is 0 Å². The van der Waals surface area contributed by atoms with Crippen LogP contribution in [0.4, 0.5) is 0 Å². The molecule has 0 radical (unpaired) electrons. The van der Waals surface area contributed by atoms with Crippen LogP contribution in [0, 0.1) is 0 Å². The van der Waals surface area contributed by atoms with Crippen LogP contribution in [0.1, 0.15) is 19.8 Å². The van der Waals surface area contributed by atoms with Crippen molar-refractivity contribution in [3.8, 4) is 57.2 Å². The molecular formula is C24H26N4O5. The van der Waals surface area contributed by atoms with Gasteiger partial charge >= 0.3 is 0 Å². The van der Waals surface area contributed by atoms with Gasteiger partial charge in [0.2, 0.25) is 11.6 Å². The van der Waals surface area contributed by atoms with E-state index in [1.54, 1.807) is 33.5 Å². The average molecular weight is 450 g/mol. The first-order chi connectivity index (χ1) is 16.2. The number of aromatic amines is 1. The molecule has 2 aromatic carbocycles. The number of unbranched alkanes of at least 4 members (excludes halogenated alkanes) is 1. The van der Waals surface area contributed by atoms with Gasteiger partial charge in [-0.25, -0.2) is 0 Å². The van der Waals surface area contributed by atoms with Crippen LogP contribution >= 0.6 is 0 Å². The zero-order valence-corrected chi connectivity index (χ0v) is 19.0. The first-order valence-corrected chi connectivity index (χ1v) is 10.6. The number of ether oxygens (including phenoxy) is 4. The summed E-state index contributed by atoms with van der Waals surface area (Å²) < 4.78 is 27.4. The maximum Gasteiger partial charge on any atom is 0.276 e. The summed E-state index contributed by atoms with van der Waals surface area (Å²) >= 11 is 0. The molecule has 0 atom stereocenters. The van der Waals surface area contributed by atoms with Crippen LogP contribution in [0.25, 0.3) is 34.2 Å². The SMILES string of the molecule is CCCCOc1ccc(-c2cc(-c3nc(-c4cc(OC)c(OC)c(OC)c4)no3)[nH]n2)cc1.